The molecule has 1 saturated carbocycles. The fourth-order valence-electron chi connectivity index (χ4n) is 4.10. The van der Waals surface area contributed by atoms with Crippen molar-refractivity contribution in [3.8, 4) is 0 Å². The van der Waals surface area contributed by atoms with E-state index in [1.807, 2.05) is 4.90 Å². The largest absolute Gasteiger partial charge is 0.468 e. The second-order valence-electron chi connectivity index (χ2n) is 7.56. The predicted molar refractivity (Wildman–Crippen MR) is 102 cm³/mol. The van der Waals surface area contributed by atoms with Gasteiger partial charge in [-0.3, -0.25) is 10.2 Å². The molecule has 1 heterocycles. The molecular weight excluding hydrogens is 332 g/mol. The molecule has 0 amide bonds. The Kier molecular flexibility index (Phi) is 8.03. The van der Waals surface area contributed by atoms with Gasteiger partial charge in [0.2, 0.25) is 0 Å². The molecule has 148 valence electrons. The first kappa shape index (κ1) is 20.8. The van der Waals surface area contributed by atoms with Gasteiger partial charge < -0.3 is 25.1 Å². The van der Waals surface area contributed by atoms with E-state index in [1.54, 1.807) is 14.0 Å². The molecule has 1 aliphatic carbocycles. The van der Waals surface area contributed by atoms with E-state index in [2.05, 4.69) is 5.32 Å². The molecule has 2 aliphatic rings. The molecule has 7 heteroatoms. The van der Waals surface area contributed by atoms with Crippen LogP contribution in [0.3, 0.4) is 0 Å². The van der Waals surface area contributed by atoms with Crippen LogP contribution in [-0.2, 0) is 14.3 Å². The van der Waals surface area contributed by atoms with Crippen LogP contribution in [0.15, 0.2) is 0 Å². The number of carbonyl (C=O) groups excluding carboxylic acids is 1. The third-order valence-electron chi connectivity index (χ3n) is 5.58. The van der Waals surface area contributed by atoms with Crippen molar-refractivity contribution >= 4 is 17.5 Å². The summed E-state index contributed by atoms with van der Waals surface area (Å²) < 4.78 is 10.6. The summed E-state index contributed by atoms with van der Waals surface area (Å²) in [7, 11) is 3.05. The van der Waals surface area contributed by atoms with Crippen LogP contribution in [0.4, 0.5) is 0 Å². The summed E-state index contributed by atoms with van der Waals surface area (Å²) in [6.45, 7) is 2.96. The van der Waals surface area contributed by atoms with Crippen LogP contribution >= 0.6 is 0 Å². The van der Waals surface area contributed by atoms with Crippen molar-refractivity contribution in [3.05, 3.63) is 0 Å². The van der Waals surface area contributed by atoms with E-state index >= 15 is 0 Å². The first-order chi connectivity index (χ1) is 12.5. The highest BCUT2D eigenvalue weighted by molar-refractivity contribution is 6.02. The van der Waals surface area contributed by atoms with Gasteiger partial charge in [0.25, 0.3) is 0 Å². The van der Waals surface area contributed by atoms with Crippen molar-refractivity contribution in [2.45, 2.75) is 70.1 Å². The fraction of sp³-hybridized carbons (Fsp3) is 0.842. The third-order valence-corrected chi connectivity index (χ3v) is 5.58. The highest BCUT2D eigenvalue weighted by Gasteiger charge is 2.36. The van der Waals surface area contributed by atoms with Gasteiger partial charge in [0.1, 0.15) is 11.8 Å². The van der Waals surface area contributed by atoms with Gasteiger partial charge >= 0.3 is 5.97 Å². The molecule has 0 spiro atoms. The van der Waals surface area contributed by atoms with Crippen LogP contribution in [0, 0.1) is 16.7 Å². The lowest BCUT2D eigenvalue weighted by atomic mass is 9.92. The van der Waals surface area contributed by atoms with E-state index in [4.69, 9.17) is 20.3 Å². The third kappa shape index (κ3) is 5.51. The zero-order valence-electron chi connectivity index (χ0n) is 16.3. The second kappa shape index (κ2) is 10.0. The van der Waals surface area contributed by atoms with Crippen molar-refractivity contribution < 1.29 is 14.3 Å². The SMILES string of the molecule is COC(=O)C(CC(C)=N)C(=N)N1CCC(NC2CCCCC2)C(OC)C1. The molecule has 2 rings (SSSR count). The number of ether oxygens (including phenoxy) is 2. The average Bonchev–Trinajstić information content (AvgIpc) is 2.66. The first-order valence-electron chi connectivity index (χ1n) is 9.70. The Labute approximate surface area is 156 Å². The standard InChI is InChI=1S/C19H34N4O3/c1-13(20)11-15(19(24)26-3)18(21)23-10-9-16(17(12-23)25-2)22-14-7-5-4-6-8-14/h14-17,20-22H,4-12H2,1-3H3. The molecule has 1 saturated heterocycles. The number of carbonyl (C=O) groups is 1. The summed E-state index contributed by atoms with van der Waals surface area (Å²) in [6, 6.07) is 0.856. The molecule has 0 aromatic rings. The highest BCUT2D eigenvalue weighted by atomic mass is 16.5. The van der Waals surface area contributed by atoms with Crippen LogP contribution in [-0.4, -0.2) is 67.9 Å². The first-order valence-corrected chi connectivity index (χ1v) is 9.70. The van der Waals surface area contributed by atoms with Crippen molar-refractivity contribution in [3.63, 3.8) is 0 Å². The van der Waals surface area contributed by atoms with Gasteiger partial charge in [0.15, 0.2) is 0 Å². The molecule has 3 unspecified atom stereocenters. The topological polar surface area (TPSA) is 98.5 Å². The number of rotatable bonds is 7. The number of amidine groups is 1. The van der Waals surface area contributed by atoms with Crippen molar-refractivity contribution in [2.75, 3.05) is 27.3 Å². The Balaban J connectivity index is 1.97. The minimum Gasteiger partial charge on any atom is -0.468 e. The Morgan fingerprint density at radius 2 is 1.88 bits per heavy atom. The number of piperidine rings is 1. The summed E-state index contributed by atoms with van der Waals surface area (Å²) in [5.41, 5.74) is 0.377. The number of nitrogens with zero attached hydrogens (tertiary/aromatic N) is 1. The molecular formula is C19H34N4O3. The fourth-order valence-corrected chi connectivity index (χ4v) is 4.10. The maximum Gasteiger partial charge on any atom is 0.316 e. The summed E-state index contributed by atoms with van der Waals surface area (Å²) in [6.07, 6.45) is 7.49. The maximum atomic E-state index is 12.1. The monoisotopic (exact) mass is 366 g/mol. The number of methoxy groups -OCH3 is 2. The van der Waals surface area contributed by atoms with Gasteiger partial charge in [-0.2, -0.15) is 0 Å². The van der Waals surface area contributed by atoms with Gasteiger partial charge in [-0.1, -0.05) is 19.3 Å². The quantitative estimate of drug-likeness (QED) is 0.364. The Bertz CT molecular complexity index is 505. The molecule has 26 heavy (non-hydrogen) atoms. The maximum absolute atomic E-state index is 12.1. The van der Waals surface area contributed by atoms with Crippen molar-refractivity contribution in [1.82, 2.24) is 10.2 Å². The molecule has 0 radical (unpaired) electrons. The highest BCUT2D eigenvalue weighted by Crippen LogP contribution is 2.23. The predicted octanol–water partition coefficient (Wildman–Crippen LogP) is 2.19. The molecule has 0 aromatic carbocycles. The average molecular weight is 367 g/mol. The van der Waals surface area contributed by atoms with Gasteiger partial charge in [-0.05, 0) is 26.2 Å². The summed E-state index contributed by atoms with van der Waals surface area (Å²) in [5, 5.41) is 20.0. The lowest BCUT2D eigenvalue weighted by Gasteiger charge is -2.42. The smallest absolute Gasteiger partial charge is 0.316 e. The van der Waals surface area contributed by atoms with Crippen molar-refractivity contribution in [1.29, 1.82) is 10.8 Å². The zero-order valence-corrected chi connectivity index (χ0v) is 16.3. The summed E-state index contributed by atoms with van der Waals surface area (Å²) in [5.74, 6) is -0.919. The van der Waals surface area contributed by atoms with Crippen LogP contribution < -0.4 is 5.32 Å². The van der Waals surface area contributed by atoms with E-state index in [0.717, 1.165) is 6.42 Å². The molecule has 7 nitrogen and oxygen atoms in total. The van der Waals surface area contributed by atoms with E-state index in [-0.39, 0.29) is 24.4 Å². The summed E-state index contributed by atoms with van der Waals surface area (Å²) >= 11 is 0. The minimum absolute atomic E-state index is 0.00889. The molecule has 1 aliphatic heterocycles. The number of nitrogens with one attached hydrogen (secondary N) is 3. The van der Waals surface area contributed by atoms with E-state index in [0.29, 0.717) is 24.8 Å². The van der Waals surface area contributed by atoms with Gasteiger partial charge in [-0.25, -0.2) is 0 Å². The molecule has 3 N–H and O–H groups in total. The lowest BCUT2D eigenvalue weighted by Crippen LogP contribution is -2.58. The number of hydrogen-bond donors (Lipinski definition) is 3. The minimum atomic E-state index is -0.710. The molecule has 3 atom stereocenters. The lowest BCUT2D eigenvalue weighted by molar-refractivity contribution is -0.143. The van der Waals surface area contributed by atoms with Gasteiger partial charge in [-0.15, -0.1) is 0 Å². The van der Waals surface area contributed by atoms with E-state index in [9.17, 15) is 4.79 Å². The van der Waals surface area contributed by atoms with Crippen LogP contribution in [0.2, 0.25) is 0 Å². The van der Waals surface area contributed by atoms with Crippen LogP contribution in [0.5, 0.6) is 0 Å². The normalized spacial score (nSPS) is 25.6. The second-order valence-corrected chi connectivity index (χ2v) is 7.56. The molecule has 0 bridgehead atoms. The van der Waals surface area contributed by atoms with E-state index in [1.165, 1.54) is 39.2 Å². The van der Waals surface area contributed by atoms with Crippen LogP contribution in [0.25, 0.3) is 0 Å². The van der Waals surface area contributed by atoms with Crippen LogP contribution in [0.1, 0.15) is 51.9 Å². The number of hydrogen-bond acceptors (Lipinski definition) is 6. The molecule has 2 fully saturated rings. The Morgan fingerprint density at radius 3 is 2.46 bits per heavy atom. The van der Waals surface area contributed by atoms with E-state index < -0.39 is 11.9 Å². The molecule has 0 aromatic heterocycles. The zero-order chi connectivity index (χ0) is 19.1. The number of esters is 1. The number of likely N-dealkylation sites (tertiary alicyclic amines) is 1. The van der Waals surface area contributed by atoms with Gasteiger partial charge in [0, 0.05) is 44.4 Å². The van der Waals surface area contributed by atoms with Gasteiger partial charge in [0.05, 0.1) is 13.2 Å². The Hall–Kier alpha value is -1.47. The Morgan fingerprint density at radius 1 is 1.19 bits per heavy atom. The summed E-state index contributed by atoms with van der Waals surface area (Å²) in [4.78, 5) is 14.0. The van der Waals surface area contributed by atoms with Crippen molar-refractivity contribution in [2.24, 2.45) is 5.92 Å².